The van der Waals surface area contributed by atoms with E-state index >= 15 is 4.39 Å². The summed E-state index contributed by atoms with van der Waals surface area (Å²) < 4.78 is 32.7. The Morgan fingerprint density at radius 2 is 1.88 bits per heavy atom. The summed E-state index contributed by atoms with van der Waals surface area (Å²) in [5, 5.41) is 1.13. The maximum atomic E-state index is 15.1. The third kappa shape index (κ3) is 3.79. The molecule has 0 unspecified atom stereocenters. The highest BCUT2D eigenvalue weighted by molar-refractivity contribution is 5.89. The first-order chi connectivity index (χ1) is 16.3. The maximum absolute atomic E-state index is 15.1. The zero-order chi connectivity index (χ0) is 24.0. The van der Waals surface area contributed by atoms with Gasteiger partial charge in [0.05, 0.1) is 18.0 Å². The minimum Gasteiger partial charge on any atom is -0.493 e. The van der Waals surface area contributed by atoms with Gasteiger partial charge in [-0.3, -0.25) is 9.78 Å². The highest BCUT2D eigenvalue weighted by atomic mass is 19.1. The lowest BCUT2D eigenvalue weighted by Gasteiger charge is -2.21. The number of carbonyl (C=O) groups is 1. The van der Waals surface area contributed by atoms with E-state index in [0.717, 1.165) is 18.5 Å². The van der Waals surface area contributed by atoms with Crippen molar-refractivity contribution in [2.75, 3.05) is 27.8 Å². The first-order valence-corrected chi connectivity index (χ1v) is 11.1. The number of aromatic nitrogens is 2. The molecule has 1 N–H and O–H groups in total. The van der Waals surface area contributed by atoms with Crippen molar-refractivity contribution in [2.24, 2.45) is 5.41 Å². The molecule has 0 bridgehead atoms. The number of halogens is 1. The van der Waals surface area contributed by atoms with E-state index in [9.17, 15) is 4.79 Å². The summed E-state index contributed by atoms with van der Waals surface area (Å²) in [4.78, 5) is 21.6. The molecule has 1 aliphatic rings. The summed E-state index contributed by atoms with van der Waals surface area (Å²) in [6, 6.07) is 10.3. The molecular weight excluding hydrogens is 437 g/mol. The molecule has 2 aromatic carbocycles. The van der Waals surface area contributed by atoms with Crippen LogP contribution in [0.5, 0.6) is 23.0 Å². The van der Waals surface area contributed by atoms with Crippen LogP contribution in [0.3, 0.4) is 0 Å². The van der Waals surface area contributed by atoms with E-state index in [0.29, 0.717) is 39.1 Å². The Kier molecular flexibility index (Phi) is 5.31. The molecule has 0 radical (unpaired) electrons. The summed E-state index contributed by atoms with van der Waals surface area (Å²) in [7, 11) is 5.05. The van der Waals surface area contributed by atoms with Gasteiger partial charge < -0.3 is 24.1 Å². The second kappa shape index (κ2) is 8.20. The second-order valence-corrected chi connectivity index (χ2v) is 8.99. The second-order valence-electron chi connectivity index (χ2n) is 8.99. The number of rotatable bonds is 7. The van der Waals surface area contributed by atoms with Gasteiger partial charge in [0.2, 0.25) is 5.91 Å². The number of aromatic amines is 1. The fourth-order valence-corrected chi connectivity index (χ4v) is 4.24. The standard InChI is InChI=1S/C26H26FN3O4/c1-15-11-17-18(29-15)5-6-21(24(17)27)34-20-7-10-28-19-13-23(22(32-4)12-16(19)20)33-14-26(8-9-26)25(31)30(2)3/h5-7,10-13,29H,8-9,14H2,1-4H3. The van der Waals surface area contributed by atoms with Crippen LogP contribution in [0.25, 0.3) is 21.8 Å². The number of hydrogen-bond donors (Lipinski definition) is 1. The van der Waals surface area contributed by atoms with Crippen LogP contribution in [0.4, 0.5) is 4.39 Å². The number of fused-ring (bicyclic) bond motifs is 2. The Bertz CT molecular complexity index is 1410. The van der Waals surface area contributed by atoms with E-state index in [4.69, 9.17) is 14.2 Å². The molecule has 1 amide bonds. The molecule has 4 aromatic rings. The molecule has 1 fully saturated rings. The highest BCUT2D eigenvalue weighted by Crippen LogP contribution is 2.48. The average Bonchev–Trinajstić information content (AvgIpc) is 3.52. The molecule has 0 atom stereocenters. The van der Waals surface area contributed by atoms with E-state index < -0.39 is 11.2 Å². The van der Waals surface area contributed by atoms with Crippen molar-refractivity contribution in [2.45, 2.75) is 19.8 Å². The molecule has 7 nitrogen and oxygen atoms in total. The predicted octanol–water partition coefficient (Wildman–Crippen LogP) is 5.21. The van der Waals surface area contributed by atoms with Crippen LogP contribution in [0, 0.1) is 18.2 Å². The number of amides is 1. The highest BCUT2D eigenvalue weighted by Gasteiger charge is 2.51. The van der Waals surface area contributed by atoms with Gasteiger partial charge in [0.25, 0.3) is 0 Å². The van der Waals surface area contributed by atoms with Gasteiger partial charge in [-0.1, -0.05) is 0 Å². The molecule has 0 saturated heterocycles. The summed E-state index contributed by atoms with van der Waals surface area (Å²) in [6.07, 6.45) is 3.20. The third-order valence-electron chi connectivity index (χ3n) is 6.26. The number of carbonyl (C=O) groups excluding carboxylic acids is 1. The molecule has 2 heterocycles. The van der Waals surface area contributed by atoms with Crippen molar-refractivity contribution in [3.05, 3.63) is 54.1 Å². The van der Waals surface area contributed by atoms with Crippen molar-refractivity contribution in [1.82, 2.24) is 14.9 Å². The first kappa shape index (κ1) is 22.0. The molecule has 176 valence electrons. The lowest BCUT2D eigenvalue weighted by atomic mass is 10.1. The van der Waals surface area contributed by atoms with Crippen LogP contribution < -0.4 is 14.2 Å². The third-order valence-corrected chi connectivity index (χ3v) is 6.26. The van der Waals surface area contributed by atoms with Crippen LogP contribution >= 0.6 is 0 Å². The molecular formula is C26H26FN3O4. The smallest absolute Gasteiger partial charge is 0.231 e. The van der Waals surface area contributed by atoms with Crippen molar-refractivity contribution in [1.29, 1.82) is 0 Å². The SMILES string of the molecule is COc1cc2c(Oc3ccc4[nH]c(C)cc4c3F)ccnc2cc1OCC1(C(=O)N(C)C)CC1. The van der Waals surface area contributed by atoms with Gasteiger partial charge >= 0.3 is 0 Å². The van der Waals surface area contributed by atoms with E-state index in [-0.39, 0.29) is 18.3 Å². The fourth-order valence-electron chi connectivity index (χ4n) is 4.24. The van der Waals surface area contributed by atoms with Crippen LogP contribution in [0.1, 0.15) is 18.5 Å². The van der Waals surface area contributed by atoms with Gasteiger partial charge in [-0.05, 0) is 50.1 Å². The van der Waals surface area contributed by atoms with Crippen LogP contribution in [-0.4, -0.2) is 48.6 Å². The Morgan fingerprint density at radius 1 is 1.09 bits per heavy atom. The number of hydrogen-bond acceptors (Lipinski definition) is 5. The summed E-state index contributed by atoms with van der Waals surface area (Å²) in [6.45, 7) is 2.15. The fraction of sp³-hybridized carbons (Fsp3) is 0.308. The first-order valence-electron chi connectivity index (χ1n) is 11.1. The topological polar surface area (TPSA) is 76.7 Å². The van der Waals surface area contributed by atoms with Crippen LogP contribution in [0.2, 0.25) is 0 Å². The molecule has 5 rings (SSSR count). The van der Waals surface area contributed by atoms with Crippen molar-refractivity contribution < 1.29 is 23.4 Å². The predicted molar refractivity (Wildman–Crippen MR) is 127 cm³/mol. The Morgan fingerprint density at radius 3 is 2.59 bits per heavy atom. The molecule has 1 saturated carbocycles. The average molecular weight is 464 g/mol. The zero-order valence-electron chi connectivity index (χ0n) is 19.6. The van der Waals surface area contributed by atoms with E-state index in [1.54, 1.807) is 68.7 Å². The number of H-pyrrole nitrogens is 1. The Labute approximate surface area is 196 Å². The van der Waals surface area contributed by atoms with Gasteiger partial charge in [-0.2, -0.15) is 0 Å². The van der Waals surface area contributed by atoms with Gasteiger partial charge in [0.1, 0.15) is 12.4 Å². The molecule has 1 aliphatic carbocycles. The molecule has 0 aliphatic heterocycles. The number of ether oxygens (including phenoxy) is 3. The summed E-state index contributed by atoms with van der Waals surface area (Å²) in [5.74, 6) is 1.18. The number of pyridine rings is 1. The van der Waals surface area contributed by atoms with Crippen molar-refractivity contribution in [3.63, 3.8) is 0 Å². The number of nitrogens with zero attached hydrogens (tertiary/aromatic N) is 2. The number of methoxy groups -OCH3 is 1. The molecule has 34 heavy (non-hydrogen) atoms. The minimum absolute atomic E-state index is 0.0673. The largest absolute Gasteiger partial charge is 0.493 e. The van der Waals surface area contributed by atoms with Crippen molar-refractivity contribution in [3.8, 4) is 23.0 Å². The quantitative estimate of drug-likeness (QED) is 0.407. The summed E-state index contributed by atoms with van der Waals surface area (Å²) in [5.41, 5.74) is 1.72. The van der Waals surface area contributed by atoms with Gasteiger partial charge in [-0.15, -0.1) is 0 Å². The Hall–Kier alpha value is -3.81. The van der Waals surface area contributed by atoms with Gasteiger partial charge in [-0.25, -0.2) is 4.39 Å². The summed E-state index contributed by atoms with van der Waals surface area (Å²) >= 11 is 0. The van der Waals surface area contributed by atoms with Gasteiger partial charge in [0.15, 0.2) is 23.1 Å². The molecule has 0 spiro atoms. The Balaban J connectivity index is 1.46. The minimum atomic E-state index is -0.478. The number of benzene rings is 2. The van der Waals surface area contributed by atoms with Crippen molar-refractivity contribution >= 4 is 27.7 Å². The molecule has 2 aromatic heterocycles. The van der Waals surface area contributed by atoms with E-state index in [1.165, 1.54) is 0 Å². The number of aryl methyl sites for hydroxylation is 1. The van der Waals surface area contributed by atoms with Gasteiger partial charge in [0, 0.05) is 48.3 Å². The molecule has 8 heteroatoms. The maximum Gasteiger partial charge on any atom is 0.231 e. The van der Waals surface area contributed by atoms with Crippen LogP contribution in [0.15, 0.2) is 42.6 Å². The normalized spacial score (nSPS) is 14.3. The lowest BCUT2D eigenvalue weighted by molar-refractivity contribution is -0.135. The zero-order valence-corrected chi connectivity index (χ0v) is 19.6. The lowest BCUT2D eigenvalue weighted by Crippen LogP contribution is -2.34. The monoisotopic (exact) mass is 463 g/mol. The number of nitrogens with one attached hydrogen (secondary N) is 1. The van der Waals surface area contributed by atoms with Crippen LogP contribution in [-0.2, 0) is 4.79 Å². The van der Waals surface area contributed by atoms with E-state index in [1.807, 2.05) is 6.92 Å². The van der Waals surface area contributed by atoms with E-state index in [2.05, 4.69) is 9.97 Å².